The molecule has 212 valence electrons. The fourth-order valence-electron chi connectivity index (χ4n) is 6.06. The fourth-order valence-corrected chi connectivity index (χ4v) is 6.33. The topological polar surface area (TPSA) is 93.6 Å². The quantitative estimate of drug-likeness (QED) is 0.131. The van der Waals surface area contributed by atoms with Gasteiger partial charge in [-0.15, -0.1) is 0 Å². The Kier molecular flexibility index (Phi) is 7.49. The highest BCUT2D eigenvalue weighted by atomic mass is 79.9. The predicted octanol–water partition coefficient (Wildman–Crippen LogP) is 6.94. The molecule has 42 heavy (non-hydrogen) atoms. The van der Waals surface area contributed by atoms with Gasteiger partial charge in [0.05, 0.1) is 34.3 Å². The van der Waals surface area contributed by atoms with Crippen molar-refractivity contribution in [3.8, 4) is 11.3 Å². The Morgan fingerprint density at radius 3 is 2.40 bits per heavy atom. The highest BCUT2D eigenvalue weighted by Gasteiger charge is 2.49. The number of hydrogen-bond donors (Lipinski definition) is 0. The number of ketones is 1. The lowest BCUT2D eigenvalue weighted by Gasteiger charge is -2.25. The summed E-state index contributed by atoms with van der Waals surface area (Å²) in [6.07, 6.45) is 2.46. The number of Topliss-reactive ketones (excluding diaryl/α,β-unsaturated/α-hetero) is 1. The second kappa shape index (κ2) is 11.2. The van der Waals surface area contributed by atoms with Crippen LogP contribution >= 0.6 is 15.9 Å². The molecule has 2 fully saturated rings. The van der Waals surface area contributed by atoms with Crippen LogP contribution in [0.4, 0.5) is 5.69 Å². The SMILES string of the molecule is Cc1cccc2c(C(=O)OCC(=O)c3ccc(Br)cc3)cc(-c3ccc(N4C(=O)C5CCC(C)CC5C4=O)cc3)nc12. The van der Waals surface area contributed by atoms with Crippen LogP contribution in [0.25, 0.3) is 22.2 Å². The predicted molar refractivity (Wildman–Crippen MR) is 163 cm³/mol. The van der Waals surface area contributed by atoms with E-state index in [1.807, 2.05) is 19.1 Å². The summed E-state index contributed by atoms with van der Waals surface area (Å²) in [5.41, 5.74) is 4.08. The molecule has 0 bridgehead atoms. The summed E-state index contributed by atoms with van der Waals surface area (Å²) < 4.78 is 6.32. The van der Waals surface area contributed by atoms with Crippen LogP contribution in [0, 0.1) is 24.7 Å². The van der Waals surface area contributed by atoms with E-state index in [-0.39, 0.29) is 29.4 Å². The van der Waals surface area contributed by atoms with E-state index in [0.717, 1.165) is 29.3 Å². The number of rotatable bonds is 6. The van der Waals surface area contributed by atoms with Gasteiger partial charge >= 0.3 is 5.97 Å². The summed E-state index contributed by atoms with van der Waals surface area (Å²) in [4.78, 5) is 58.4. The van der Waals surface area contributed by atoms with Crippen molar-refractivity contribution in [2.24, 2.45) is 17.8 Å². The van der Waals surface area contributed by atoms with Crippen LogP contribution in [0.2, 0.25) is 0 Å². The minimum atomic E-state index is -0.624. The van der Waals surface area contributed by atoms with Gasteiger partial charge in [-0.1, -0.05) is 65.3 Å². The number of halogens is 1. The highest BCUT2D eigenvalue weighted by Crippen LogP contribution is 2.42. The Morgan fingerprint density at radius 2 is 1.67 bits per heavy atom. The first kappa shape index (κ1) is 28.0. The van der Waals surface area contributed by atoms with Gasteiger partial charge in [0, 0.05) is 21.0 Å². The lowest BCUT2D eigenvalue weighted by molar-refractivity contribution is -0.122. The number of ether oxygens (including phenoxy) is 1. The molecule has 1 aliphatic carbocycles. The number of carbonyl (C=O) groups is 4. The summed E-state index contributed by atoms with van der Waals surface area (Å²) in [5.74, 6) is -1.20. The molecule has 8 heteroatoms. The standard InChI is InChI=1S/C34H29BrN2O5/c1-19-6-15-26-27(16-19)33(40)37(32(26)39)24-13-9-21(10-14-24)29-17-28(25-5-3-4-20(2)31(25)36-29)34(41)42-18-30(38)22-7-11-23(35)12-8-22/h3-5,7-14,17,19,26-27H,6,15-16,18H2,1-2H3. The third-order valence-electron chi connectivity index (χ3n) is 8.37. The Morgan fingerprint density at radius 1 is 0.952 bits per heavy atom. The van der Waals surface area contributed by atoms with E-state index in [9.17, 15) is 19.2 Å². The summed E-state index contributed by atoms with van der Waals surface area (Å²) >= 11 is 3.35. The molecule has 3 aromatic carbocycles. The molecule has 0 N–H and O–H groups in total. The zero-order valence-electron chi connectivity index (χ0n) is 23.3. The van der Waals surface area contributed by atoms with Gasteiger partial charge in [0.2, 0.25) is 11.8 Å². The van der Waals surface area contributed by atoms with Crippen LogP contribution in [0.15, 0.2) is 77.3 Å². The van der Waals surface area contributed by atoms with Gasteiger partial charge in [-0.2, -0.15) is 0 Å². The molecule has 0 radical (unpaired) electrons. The molecule has 3 atom stereocenters. The van der Waals surface area contributed by atoms with Crippen LogP contribution < -0.4 is 4.90 Å². The maximum absolute atomic E-state index is 13.3. The average Bonchev–Trinajstić information content (AvgIpc) is 3.24. The molecular weight excluding hydrogens is 596 g/mol. The van der Waals surface area contributed by atoms with Crippen molar-refractivity contribution in [1.82, 2.24) is 4.98 Å². The summed E-state index contributed by atoms with van der Waals surface area (Å²) in [5, 5.41) is 0.626. The van der Waals surface area contributed by atoms with Crippen molar-refractivity contribution < 1.29 is 23.9 Å². The van der Waals surface area contributed by atoms with Gasteiger partial charge in [-0.3, -0.25) is 19.3 Å². The van der Waals surface area contributed by atoms with E-state index in [0.29, 0.717) is 44.9 Å². The van der Waals surface area contributed by atoms with Crippen molar-refractivity contribution in [2.45, 2.75) is 33.1 Å². The lowest BCUT2D eigenvalue weighted by atomic mass is 9.76. The van der Waals surface area contributed by atoms with Gasteiger partial charge in [0.25, 0.3) is 0 Å². The van der Waals surface area contributed by atoms with Crippen molar-refractivity contribution >= 4 is 56.1 Å². The molecule has 1 aromatic heterocycles. The highest BCUT2D eigenvalue weighted by molar-refractivity contribution is 9.10. The van der Waals surface area contributed by atoms with Crippen LogP contribution in [-0.2, 0) is 14.3 Å². The number of nitrogens with zero attached hydrogens (tertiary/aromatic N) is 2. The summed E-state index contributed by atoms with van der Waals surface area (Å²) in [6, 6.07) is 21.2. The number of aryl methyl sites for hydroxylation is 1. The third kappa shape index (κ3) is 5.15. The summed E-state index contributed by atoms with van der Waals surface area (Å²) in [6.45, 7) is 3.66. The number of pyridine rings is 1. The molecule has 2 amide bonds. The largest absolute Gasteiger partial charge is 0.454 e. The van der Waals surface area contributed by atoms with Gasteiger partial charge < -0.3 is 4.74 Å². The Hall–Kier alpha value is -4.17. The zero-order valence-corrected chi connectivity index (χ0v) is 24.9. The number of benzene rings is 3. The van der Waals surface area contributed by atoms with Crippen LogP contribution in [-0.4, -0.2) is 35.2 Å². The number of imide groups is 1. The van der Waals surface area contributed by atoms with Crippen molar-refractivity contribution in [2.75, 3.05) is 11.5 Å². The van der Waals surface area contributed by atoms with E-state index >= 15 is 0 Å². The first-order chi connectivity index (χ1) is 20.2. The Bertz CT molecular complexity index is 1730. The molecule has 2 aliphatic rings. The zero-order chi connectivity index (χ0) is 29.5. The number of aromatic nitrogens is 1. The van der Waals surface area contributed by atoms with Gasteiger partial charge in [-0.25, -0.2) is 9.78 Å². The molecule has 6 rings (SSSR count). The number of anilines is 1. The molecule has 0 spiro atoms. The number of fused-ring (bicyclic) bond motifs is 2. The fraction of sp³-hybridized carbons (Fsp3) is 0.265. The van der Waals surface area contributed by atoms with E-state index in [2.05, 4.69) is 22.9 Å². The second-order valence-electron chi connectivity index (χ2n) is 11.2. The minimum absolute atomic E-state index is 0.119. The number of carbonyl (C=O) groups excluding carboxylic acids is 4. The first-order valence-electron chi connectivity index (χ1n) is 14.1. The maximum atomic E-state index is 13.3. The lowest BCUT2D eigenvalue weighted by Crippen LogP contribution is -2.30. The number of amides is 2. The van der Waals surface area contributed by atoms with E-state index in [4.69, 9.17) is 9.72 Å². The second-order valence-corrected chi connectivity index (χ2v) is 12.1. The van der Waals surface area contributed by atoms with E-state index < -0.39 is 12.6 Å². The van der Waals surface area contributed by atoms with Crippen molar-refractivity contribution in [1.29, 1.82) is 0 Å². The maximum Gasteiger partial charge on any atom is 0.339 e. The Labute approximate surface area is 252 Å². The molecular formula is C34H29BrN2O5. The minimum Gasteiger partial charge on any atom is -0.454 e. The molecule has 7 nitrogen and oxygen atoms in total. The monoisotopic (exact) mass is 624 g/mol. The third-order valence-corrected chi connectivity index (χ3v) is 8.90. The van der Waals surface area contributed by atoms with Crippen LogP contribution in [0.5, 0.6) is 0 Å². The smallest absolute Gasteiger partial charge is 0.339 e. The first-order valence-corrected chi connectivity index (χ1v) is 14.8. The summed E-state index contributed by atoms with van der Waals surface area (Å²) in [7, 11) is 0. The number of hydrogen-bond acceptors (Lipinski definition) is 6. The number of esters is 1. The van der Waals surface area contributed by atoms with Gasteiger partial charge in [-0.05, 0) is 68.0 Å². The molecule has 1 aliphatic heterocycles. The molecule has 3 unspecified atom stereocenters. The molecule has 1 saturated carbocycles. The van der Waals surface area contributed by atoms with Crippen molar-refractivity contribution in [3.05, 3.63) is 94.0 Å². The van der Waals surface area contributed by atoms with E-state index in [1.54, 1.807) is 60.7 Å². The van der Waals surface area contributed by atoms with Crippen LogP contribution in [0.3, 0.4) is 0 Å². The molecule has 2 heterocycles. The normalized spacial score (nSPS) is 20.1. The van der Waals surface area contributed by atoms with Gasteiger partial charge in [0.1, 0.15) is 0 Å². The van der Waals surface area contributed by atoms with Crippen molar-refractivity contribution in [3.63, 3.8) is 0 Å². The van der Waals surface area contributed by atoms with Gasteiger partial charge in [0.15, 0.2) is 12.4 Å². The average molecular weight is 626 g/mol. The number of para-hydroxylation sites is 1. The molecule has 4 aromatic rings. The van der Waals surface area contributed by atoms with Crippen LogP contribution in [0.1, 0.15) is 52.5 Å². The molecule has 1 saturated heterocycles. The Balaban J connectivity index is 1.28. The van der Waals surface area contributed by atoms with E-state index in [1.165, 1.54) is 4.90 Å².